The summed E-state index contributed by atoms with van der Waals surface area (Å²) in [5.74, 6) is -4.02. The SMILES string of the molecule is CCCCC(NC(=O)C(C)NC(=O)C1CCC1)P(=O)(O)O[C@@H](C)C(=O)N1CCC[C@H]1C(=O)O. The van der Waals surface area contributed by atoms with Gasteiger partial charge in [-0.2, -0.15) is 0 Å². The zero-order valence-corrected chi connectivity index (χ0v) is 20.4. The van der Waals surface area contributed by atoms with Crippen LogP contribution >= 0.6 is 7.60 Å². The Bertz CT molecular complexity index is 787. The van der Waals surface area contributed by atoms with Gasteiger partial charge in [-0.1, -0.05) is 26.2 Å². The van der Waals surface area contributed by atoms with Gasteiger partial charge in [0.1, 0.15) is 24.0 Å². The number of carboxylic acid groups (broad SMARTS) is 1. The molecule has 1 aliphatic carbocycles. The first-order chi connectivity index (χ1) is 15.5. The maximum Gasteiger partial charge on any atom is 0.350 e. The van der Waals surface area contributed by atoms with E-state index in [-0.39, 0.29) is 24.8 Å². The molecule has 2 rings (SSSR count). The van der Waals surface area contributed by atoms with E-state index in [4.69, 9.17) is 4.52 Å². The molecule has 1 heterocycles. The van der Waals surface area contributed by atoms with Crippen molar-refractivity contribution in [1.29, 1.82) is 0 Å². The highest BCUT2D eigenvalue weighted by molar-refractivity contribution is 7.53. The number of likely N-dealkylation sites (tertiary alicyclic amines) is 1. The number of aliphatic carboxylic acids is 1. The van der Waals surface area contributed by atoms with Gasteiger partial charge in [0.05, 0.1) is 0 Å². The first-order valence-electron chi connectivity index (χ1n) is 11.6. The van der Waals surface area contributed by atoms with Crippen LogP contribution in [0.15, 0.2) is 0 Å². The van der Waals surface area contributed by atoms with E-state index in [1.54, 1.807) is 0 Å². The summed E-state index contributed by atoms with van der Waals surface area (Å²) in [6.45, 7) is 4.91. The molecule has 11 nitrogen and oxygen atoms in total. The summed E-state index contributed by atoms with van der Waals surface area (Å²) in [5, 5.41) is 14.4. The van der Waals surface area contributed by atoms with E-state index in [9.17, 15) is 33.7 Å². The van der Waals surface area contributed by atoms with Crippen molar-refractivity contribution in [2.24, 2.45) is 5.92 Å². The van der Waals surface area contributed by atoms with Crippen LogP contribution in [0.3, 0.4) is 0 Å². The van der Waals surface area contributed by atoms with E-state index >= 15 is 0 Å². The molecule has 1 saturated carbocycles. The van der Waals surface area contributed by atoms with Crippen molar-refractivity contribution in [3.8, 4) is 0 Å². The molecule has 3 unspecified atom stereocenters. The zero-order chi connectivity index (χ0) is 24.8. The summed E-state index contributed by atoms with van der Waals surface area (Å²) in [6, 6.07) is -1.89. The Morgan fingerprint density at radius 1 is 1.12 bits per heavy atom. The molecule has 12 heteroatoms. The topological polar surface area (TPSA) is 162 Å². The molecule has 4 N–H and O–H groups in total. The van der Waals surface area contributed by atoms with Crippen molar-refractivity contribution in [3.05, 3.63) is 0 Å². The summed E-state index contributed by atoms with van der Waals surface area (Å²) in [7, 11) is -4.51. The fourth-order valence-corrected chi connectivity index (χ4v) is 5.43. The van der Waals surface area contributed by atoms with E-state index in [1.165, 1.54) is 13.8 Å². The highest BCUT2D eigenvalue weighted by Gasteiger charge is 2.41. The molecule has 2 aliphatic rings. The van der Waals surface area contributed by atoms with Gasteiger partial charge in [0.25, 0.3) is 5.91 Å². The van der Waals surface area contributed by atoms with Crippen LogP contribution in [0, 0.1) is 5.92 Å². The first-order valence-corrected chi connectivity index (χ1v) is 13.3. The molecule has 2 fully saturated rings. The van der Waals surface area contributed by atoms with Crippen LogP contribution in [0.5, 0.6) is 0 Å². The van der Waals surface area contributed by atoms with Crippen LogP contribution in [-0.2, 0) is 28.3 Å². The number of carbonyl (C=O) groups excluding carboxylic acids is 3. The van der Waals surface area contributed by atoms with E-state index in [2.05, 4.69) is 10.6 Å². The average Bonchev–Trinajstić information content (AvgIpc) is 3.18. The van der Waals surface area contributed by atoms with Crippen LogP contribution in [0.25, 0.3) is 0 Å². The second-order valence-electron chi connectivity index (χ2n) is 8.86. The fraction of sp³-hybridized carbons (Fsp3) is 0.810. The molecule has 5 atom stereocenters. The van der Waals surface area contributed by atoms with Crippen molar-refractivity contribution in [2.75, 3.05) is 6.54 Å². The maximum atomic E-state index is 13.1. The lowest BCUT2D eigenvalue weighted by Crippen LogP contribution is -2.50. The normalized spacial score (nSPS) is 23.0. The lowest BCUT2D eigenvalue weighted by molar-refractivity contribution is -0.151. The molecule has 0 radical (unpaired) electrons. The minimum atomic E-state index is -4.51. The minimum absolute atomic E-state index is 0.101. The van der Waals surface area contributed by atoms with Gasteiger partial charge in [0.15, 0.2) is 0 Å². The Labute approximate surface area is 194 Å². The molecular formula is C21H36N3O8P. The number of hydrogen-bond donors (Lipinski definition) is 4. The molecular weight excluding hydrogens is 453 g/mol. The summed E-state index contributed by atoms with van der Waals surface area (Å²) in [5.41, 5.74) is 0. The van der Waals surface area contributed by atoms with Crippen LogP contribution in [-0.4, -0.2) is 69.1 Å². The van der Waals surface area contributed by atoms with Crippen molar-refractivity contribution >= 4 is 31.3 Å². The Morgan fingerprint density at radius 3 is 2.33 bits per heavy atom. The predicted octanol–water partition coefficient (Wildman–Crippen LogP) is 1.59. The van der Waals surface area contributed by atoms with Crippen molar-refractivity contribution < 1.29 is 38.3 Å². The van der Waals surface area contributed by atoms with Gasteiger partial charge in [-0.15, -0.1) is 0 Å². The lowest BCUT2D eigenvalue weighted by atomic mass is 9.84. The van der Waals surface area contributed by atoms with Gasteiger partial charge in [0.2, 0.25) is 11.8 Å². The number of amides is 3. The van der Waals surface area contributed by atoms with E-state index in [0.717, 1.165) is 24.2 Å². The number of unbranched alkanes of at least 4 members (excludes halogenated alkanes) is 1. The third-order valence-corrected chi connectivity index (χ3v) is 8.03. The third kappa shape index (κ3) is 7.25. The molecule has 188 valence electrons. The van der Waals surface area contributed by atoms with Crippen LogP contribution in [0.1, 0.15) is 72.1 Å². The predicted molar refractivity (Wildman–Crippen MR) is 119 cm³/mol. The summed E-state index contributed by atoms with van der Waals surface area (Å²) >= 11 is 0. The van der Waals surface area contributed by atoms with Crippen LogP contribution < -0.4 is 10.6 Å². The van der Waals surface area contributed by atoms with Crippen molar-refractivity contribution in [2.45, 2.75) is 96.1 Å². The minimum Gasteiger partial charge on any atom is -0.480 e. The molecule has 33 heavy (non-hydrogen) atoms. The van der Waals surface area contributed by atoms with Gasteiger partial charge in [-0.3, -0.25) is 23.5 Å². The van der Waals surface area contributed by atoms with E-state index in [1.807, 2.05) is 6.92 Å². The zero-order valence-electron chi connectivity index (χ0n) is 19.5. The lowest BCUT2D eigenvalue weighted by Gasteiger charge is -2.30. The summed E-state index contributed by atoms with van der Waals surface area (Å²) < 4.78 is 18.3. The molecule has 0 spiro atoms. The number of nitrogens with one attached hydrogen (secondary N) is 2. The smallest absolute Gasteiger partial charge is 0.350 e. The monoisotopic (exact) mass is 489 g/mol. The third-order valence-electron chi connectivity index (χ3n) is 6.24. The standard InChI is InChI=1S/C21H36N3O8P/c1-4-5-11-17(23-18(25)13(2)22-19(26)15-8-6-9-15)33(30,31)32-14(3)20(27)24-12-7-10-16(24)21(28)29/h13-17H,4-12H2,1-3H3,(H,22,26)(H,23,25)(H,28,29)(H,30,31)/t13?,14-,16-,17?/m0/s1. The number of carbonyl (C=O) groups is 4. The van der Waals surface area contributed by atoms with Gasteiger partial charge < -0.3 is 25.5 Å². The molecule has 1 aliphatic heterocycles. The average molecular weight is 490 g/mol. The number of nitrogens with zero attached hydrogens (tertiary/aromatic N) is 1. The fourth-order valence-electron chi connectivity index (χ4n) is 3.94. The first kappa shape index (κ1) is 27.3. The van der Waals surface area contributed by atoms with Crippen LogP contribution in [0.2, 0.25) is 0 Å². The second-order valence-corrected chi connectivity index (χ2v) is 10.8. The number of carboxylic acids is 1. The van der Waals surface area contributed by atoms with Crippen molar-refractivity contribution in [3.63, 3.8) is 0 Å². The molecule has 0 aromatic heterocycles. The molecule has 1 saturated heterocycles. The summed E-state index contributed by atoms with van der Waals surface area (Å²) in [4.78, 5) is 60.6. The van der Waals surface area contributed by atoms with Gasteiger partial charge >= 0.3 is 13.6 Å². The quantitative estimate of drug-likeness (QED) is 0.300. The van der Waals surface area contributed by atoms with Gasteiger partial charge in [0, 0.05) is 12.5 Å². The highest BCUT2D eigenvalue weighted by atomic mass is 31.2. The second kappa shape index (κ2) is 11.9. The Kier molecular flexibility index (Phi) is 9.87. The molecule has 0 bridgehead atoms. The van der Waals surface area contributed by atoms with E-state index in [0.29, 0.717) is 25.7 Å². The largest absolute Gasteiger partial charge is 0.480 e. The Morgan fingerprint density at radius 2 is 1.79 bits per heavy atom. The van der Waals surface area contributed by atoms with Crippen molar-refractivity contribution in [1.82, 2.24) is 15.5 Å². The molecule has 0 aromatic rings. The Balaban J connectivity index is 2.02. The number of hydrogen-bond acceptors (Lipinski definition) is 6. The highest BCUT2D eigenvalue weighted by Crippen LogP contribution is 2.49. The van der Waals surface area contributed by atoms with Gasteiger partial charge in [-0.05, 0) is 46.0 Å². The summed E-state index contributed by atoms with van der Waals surface area (Å²) in [6.07, 6.45) is 3.37. The van der Waals surface area contributed by atoms with Crippen LogP contribution in [0.4, 0.5) is 0 Å². The maximum absolute atomic E-state index is 13.1. The van der Waals surface area contributed by atoms with Gasteiger partial charge in [-0.25, -0.2) is 4.79 Å². The Hall–Kier alpha value is -1.97. The molecule has 3 amide bonds. The number of rotatable bonds is 12. The van der Waals surface area contributed by atoms with E-state index < -0.39 is 49.4 Å². The molecule has 0 aromatic carbocycles.